The summed E-state index contributed by atoms with van der Waals surface area (Å²) in [5, 5.41) is 24.2. The minimum absolute atomic E-state index is 0.118. The van der Waals surface area contributed by atoms with Crippen LogP contribution in [0.2, 0.25) is 0 Å². The maximum absolute atomic E-state index is 11.4. The lowest BCUT2D eigenvalue weighted by Gasteiger charge is -2.08. The Hall–Kier alpha value is -2.82. The molecular weight excluding hydrogens is 244 g/mol. The Labute approximate surface area is 109 Å². The largest absolute Gasteiger partial charge is 0.872 e. The summed E-state index contributed by atoms with van der Waals surface area (Å²) >= 11 is 0. The van der Waals surface area contributed by atoms with E-state index < -0.39 is 5.97 Å². The van der Waals surface area contributed by atoms with Gasteiger partial charge in [0.05, 0.1) is 17.5 Å². The van der Waals surface area contributed by atoms with Gasteiger partial charge >= 0.3 is 5.97 Å². The third-order valence-electron chi connectivity index (χ3n) is 2.43. The second-order valence-electron chi connectivity index (χ2n) is 3.79. The van der Waals surface area contributed by atoms with E-state index in [1.807, 2.05) is 0 Å². The minimum Gasteiger partial charge on any atom is -0.872 e. The number of carboxylic acids is 1. The normalized spacial score (nSPS) is 10.5. The Bertz CT molecular complexity index is 624. The summed E-state index contributed by atoms with van der Waals surface area (Å²) in [6.07, 6.45) is 1.40. The van der Waals surface area contributed by atoms with E-state index in [0.717, 1.165) is 0 Å². The number of anilines is 1. The van der Waals surface area contributed by atoms with Crippen LogP contribution in [0.3, 0.4) is 0 Å². The van der Waals surface area contributed by atoms with Crippen molar-refractivity contribution in [3.8, 4) is 5.75 Å². The van der Waals surface area contributed by atoms with Gasteiger partial charge in [0, 0.05) is 0 Å². The summed E-state index contributed by atoms with van der Waals surface area (Å²) in [6.45, 7) is 0. The number of hydrogen-bond acceptors (Lipinski definition) is 4. The monoisotopic (exact) mass is 255 g/mol. The molecule has 0 fully saturated rings. The number of nitrogens with zero attached hydrogens (tertiary/aromatic N) is 1. The molecule has 19 heavy (non-hydrogen) atoms. The third kappa shape index (κ3) is 3.32. The summed E-state index contributed by atoms with van der Waals surface area (Å²) in [5.74, 6) is -1.12. The highest BCUT2D eigenvalue weighted by Gasteiger charge is 2.01. The molecule has 0 amide bonds. The van der Waals surface area contributed by atoms with Crippen LogP contribution in [-0.4, -0.2) is 17.3 Å². The van der Waals surface area contributed by atoms with E-state index in [4.69, 9.17) is 5.11 Å². The standard InChI is InChI=1S/C14H12N2O3/c17-13-7-2-1-4-11(13)9-15-16-12-6-3-5-10(8-12)14(18)19/h1-9,16-17H,(H,18,19)/p-1/b15-9+. The number of hydrazone groups is 1. The molecule has 0 spiro atoms. The summed E-state index contributed by atoms with van der Waals surface area (Å²) in [7, 11) is 0. The minimum atomic E-state index is -1.00. The van der Waals surface area contributed by atoms with Gasteiger partial charge in [-0.25, -0.2) is 4.79 Å². The van der Waals surface area contributed by atoms with Gasteiger partial charge in [-0.05, 0) is 23.8 Å². The summed E-state index contributed by atoms with van der Waals surface area (Å²) < 4.78 is 0. The first-order chi connectivity index (χ1) is 9.16. The molecule has 2 N–H and O–H groups in total. The summed E-state index contributed by atoms with van der Waals surface area (Å²) in [5.41, 5.74) is 3.86. The van der Waals surface area contributed by atoms with Gasteiger partial charge in [0.1, 0.15) is 0 Å². The second-order valence-corrected chi connectivity index (χ2v) is 3.79. The third-order valence-corrected chi connectivity index (χ3v) is 2.43. The second kappa shape index (κ2) is 5.68. The van der Waals surface area contributed by atoms with E-state index in [1.54, 1.807) is 30.3 Å². The molecule has 2 aromatic rings. The first-order valence-electron chi connectivity index (χ1n) is 5.55. The number of aromatic carboxylic acids is 1. The molecule has 5 heteroatoms. The fraction of sp³-hybridized carbons (Fsp3) is 0. The number of hydrogen-bond donors (Lipinski definition) is 2. The molecule has 0 bridgehead atoms. The Morgan fingerprint density at radius 2 is 2.00 bits per heavy atom. The lowest BCUT2D eigenvalue weighted by Crippen LogP contribution is -1.99. The Balaban J connectivity index is 2.09. The van der Waals surface area contributed by atoms with Gasteiger partial charge in [0.2, 0.25) is 0 Å². The zero-order valence-electron chi connectivity index (χ0n) is 9.91. The lowest BCUT2D eigenvalue weighted by molar-refractivity contribution is -0.268. The molecule has 0 radical (unpaired) electrons. The molecule has 0 unspecified atom stereocenters. The van der Waals surface area contributed by atoms with Crippen molar-refractivity contribution in [3.05, 3.63) is 59.7 Å². The fourth-order valence-corrected chi connectivity index (χ4v) is 1.49. The first kappa shape index (κ1) is 12.6. The Kier molecular flexibility index (Phi) is 3.78. The molecule has 2 rings (SSSR count). The maximum Gasteiger partial charge on any atom is 0.335 e. The molecule has 2 aromatic carbocycles. The van der Waals surface area contributed by atoms with Gasteiger partial charge in [0.15, 0.2) is 0 Å². The Morgan fingerprint density at radius 3 is 2.74 bits per heavy atom. The smallest absolute Gasteiger partial charge is 0.335 e. The average Bonchev–Trinajstić information content (AvgIpc) is 2.41. The molecule has 5 nitrogen and oxygen atoms in total. The van der Waals surface area contributed by atoms with Gasteiger partial charge in [-0.1, -0.05) is 36.1 Å². The quantitative estimate of drug-likeness (QED) is 0.645. The van der Waals surface area contributed by atoms with E-state index in [1.165, 1.54) is 24.4 Å². The van der Waals surface area contributed by atoms with Gasteiger partial charge in [-0.15, -0.1) is 0 Å². The van der Waals surface area contributed by atoms with E-state index in [-0.39, 0.29) is 11.3 Å². The van der Waals surface area contributed by atoms with Crippen LogP contribution in [0.15, 0.2) is 53.6 Å². The van der Waals surface area contributed by atoms with Gasteiger partial charge in [-0.3, -0.25) is 5.43 Å². The topological polar surface area (TPSA) is 84.8 Å². The van der Waals surface area contributed by atoms with Crippen LogP contribution in [0, 0.1) is 0 Å². The van der Waals surface area contributed by atoms with E-state index in [0.29, 0.717) is 11.3 Å². The fourth-order valence-electron chi connectivity index (χ4n) is 1.49. The molecule has 0 aliphatic heterocycles. The molecule has 96 valence electrons. The number of nitrogens with one attached hydrogen (secondary N) is 1. The Morgan fingerprint density at radius 1 is 1.21 bits per heavy atom. The first-order valence-corrected chi connectivity index (χ1v) is 5.55. The summed E-state index contributed by atoms with van der Waals surface area (Å²) in [6, 6.07) is 12.8. The maximum atomic E-state index is 11.4. The van der Waals surface area contributed by atoms with E-state index in [2.05, 4.69) is 10.5 Å². The van der Waals surface area contributed by atoms with Crippen molar-refractivity contribution in [3.63, 3.8) is 0 Å². The predicted molar refractivity (Wildman–Crippen MR) is 70.5 cm³/mol. The van der Waals surface area contributed by atoms with Crippen LogP contribution in [0.4, 0.5) is 5.69 Å². The number of para-hydroxylation sites is 1. The average molecular weight is 255 g/mol. The number of rotatable bonds is 4. The van der Waals surface area contributed by atoms with Crippen molar-refractivity contribution in [2.24, 2.45) is 5.10 Å². The molecule has 0 saturated heterocycles. The molecular formula is C14H11N2O3-. The molecule has 0 atom stereocenters. The highest BCUT2D eigenvalue weighted by atomic mass is 16.4. The molecule has 0 aromatic heterocycles. The lowest BCUT2D eigenvalue weighted by atomic mass is 10.2. The van der Waals surface area contributed by atoms with Gasteiger partial charge in [-0.2, -0.15) is 5.10 Å². The van der Waals surface area contributed by atoms with Crippen molar-refractivity contribution in [2.45, 2.75) is 0 Å². The highest BCUT2D eigenvalue weighted by molar-refractivity contribution is 5.89. The van der Waals surface area contributed by atoms with Crippen LogP contribution < -0.4 is 10.5 Å². The predicted octanol–water partition coefficient (Wildman–Crippen LogP) is 1.90. The van der Waals surface area contributed by atoms with Crippen LogP contribution >= 0.6 is 0 Å². The van der Waals surface area contributed by atoms with Crippen molar-refractivity contribution in [1.82, 2.24) is 0 Å². The van der Waals surface area contributed by atoms with E-state index >= 15 is 0 Å². The molecule has 0 saturated carbocycles. The molecule has 0 heterocycles. The zero-order valence-corrected chi connectivity index (χ0v) is 9.91. The summed E-state index contributed by atoms with van der Waals surface area (Å²) in [4.78, 5) is 10.8. The number of benzene rings is 2. The van der Waals surface area contributed by atoms with Crippen LogP contribution in [0.5, 0.6) is 5.75 Å². The van der Waals surface area contributed by atoms with Gasteiger partial charge in [0.25, 0.3) is 0 Å². The zero-order chi connectivity index (χ0) is 13.7. The van der Waals surface area contributed by atoms with Crippen LogP contribution in [0.25, 0.3) is 0 Å². The van der Waals surface area contributed by atoms with Crippen LogP contribution in [-0.2, 0) is 0 Å². The SMILES string of the molecule is O=C(O)c1cccc(N/N=C/c2ccccc2[O-])c1. The van der Waals surface area contributed by atoms with Crippen LogP contribution in [0.1, 0.15) is 15.9 Å². The number of carbonyl (C=O) groups is 1. The van der Waals surface area contributed by atoms with Crippen molar-refractivity contribution in [2.75, 3.05) is 5.43 Å². The van der Waals surface area contributed by atoms with Crippen molar-refractivity contribution >= 4 is 17.9 Å². The molecule has 0 aliphatic rings. The highest BCUT2D eigenvalue weighted by Crippen LogP contribution is 2.12. The molecule has 0 aliphatic carbocycles. The van der Waals surface area contributed by atoms with Crippen molar-refractivity contribution in [1.29, 1.82) is 0 Å². The number of carboxylic acid groups (broad SMARTS) is 1. The van der Waals surface area contributed by atoms with E-state index in [9.17, 15) is 9.90 Å². The van der Waals surface area contributed by atoms with Gasteiger partial charge < -0.3 is 10.2 Å². The van der Waals surface area contributed by atoms with Crippen molar-refractivity contribution < 1.29 is 15.0 Å².